The lowest BCUT2D eigenvalue weighted by Gasteiger charge is -1.99. The van der Waals surface area contributed by atoms with E-state index in [-0.39, 0.29) is 0 Å². The van der Waals surface area contributed by atoms with Crippen molar-refractivity contribution >= 4 is 21.4 Å². The Morgan fingerprint density at radius 1 is 1.36 bits per heavy atom. The van der Waals surface area contributed by atoms with Gasteiger partial charge in [0, 0.05) is 11.5 Å². The minimum absolute atomic E-state index is 0.423. The van der Waals surface area contributed by atoms with Gasteiger partial charge < -0.3 is 5.73 Å². The standard InChI is InChI=1S/C9H13N3OS/c10-8-4-3-5-9(11-8)12-14(13)6-1-2-7-14/h3-5H,1-2,6-7H2,(H2,10,11). The van der Waals surface area contributed by atoms with Gasteiger partial charge >= 0.3 is 0 Å². The summed E-state index contributed by atoms with van der Waals surface area (Å²) >= 11 is 0. The molecule has 1 aromatic heterocycles. The Morgan fingerprint density at radius 3 is 2.71 bits per heavy atom. The van der Waals surface area contributed by atoms with Crippen molar-refractivity contribution in [1.29, 1.82) is 0 Å². The molecular formula is C9H13N3OS. The first-order valence-corrected chi connectivity index (χ1v) is 6.48. The highest BCUT2D eigenvalue weighted by Gasteiger charge is 2.16. The summed E-state index contributed by atoms with van der Waals surface area (Å²) in [5.41, 5.74) is 5.51. The molecule has 1 aliphatic rings. The zero-order valence-corrected chi connectivity index (χ0v) is 8.67. The molecule has 0 atom stereocenters. The number of rotatable bonds is 1. The average Bonchev–Trinajstić information content (AvgIpc) is 2.51. The number of anilines is 1. The van der Waals surface area contributed by atoms with E-state index in [9.17, 15) is 4.21 Å². The third kappa shape index (κ3) is 2.04. The van der Waals surface area contributed by atoms with E-state index in [1.54, 1.807) is 18.2 Å². The second-order valence-corrected chi connectivity index (χ2v) is 5.94. The van der Waals surface area contributed by atoms with E-state index < -0.39 is 9.73 Å². The van der Waals surface area contributed by atoms with Gasteiger partial charge in [-0.15, -0.1) is 0 Å². The molecule has 1 fully saturated rings. The molecule has 1 saturated heterocycles. The highest BCUT2D eigenvalue weighted by Crippen LogP contribution is 2.19. The maximum Gasteiger partial charge on any atom is 0.163 e. The molecule has 0 amide bonds. The van der Waals surface area contributed by atoms with Crippen LogP contribution in [0.3, 0.4) is 0 Å². The third-order valence-electron chi connectivity index (χ3n) is 2.19. The van der Waals surface area contributed by atoms with Crippen LogP contribution in [0, 0.1) is 0 Å². The fraction of sp³-hybridized carbons (Fsp3) is 0.444. The Kier molecular flexibility index (Phi) is 2.41. The van der Waals surface area contributed by atoms with Gasteiger partial charge in [0.2, 0.25) is 0 Å². The van der Waals surface area contributed by atoms with Gasteiger partial charge in [-0.2, -0.15) is 4.36 Å². The summed E-state index contributed by atoms with van der Waals surface area (Å²) in [6.07, 6.45) is 2.01. The summed E-state index contributed by atoms with van der Waals surface area (Å²) in [5.74, 6) is 2.32. The second kappa shape index (κ2) is 3.57. The smallest absolute Gasteiger partial charge is 0.163 e. The first-order chi connectivity index (χ1) is 6.68. The van der Waals surface area contributed by atoms with Crippen LogP contribution in [0.2, 0.25) is 0 Å². The van der Waals surface area contributed by atoms with Crippen molar-refractivity contribution in [2.24, 2.45) is 4.36 Å². The molecule has 4 nitrogen and oxygen atoms in total. The molecule has 14 heavy (non-hydrogen) atoms. The fourth-order valence-electron chi connectivity index (χ4n) is 1.51. The number of aromatic nitrogens is 1. The van der Waals surface area contributed by atoms with E-state index in [0.29, 0.717) is 23.1 Å². The van der Waals surface area contributed by atoms with Crippen LogP contribution in [0.4, 0.5) is 11.6 Å². The van der Waals surface area contributed by atoms with Crippen LogP contribution in [-0.4, -0.2) is 20.7 Å². The molecule has 2 rings (SSSR count). The van der Waals surface area contributed by atoms with Crippen LogP contribution in [0.5, 0.6) is 0 Å². The first-order valence-electron chi connectivity index (χ1n) is 4.63. The Labute approximate surface area is 83.7 Å². The van der Waals surface area contributed by atoms with Gasteiger partial charge in [0.15, 0.2) is 5.82 Å². The van der Waals surface area contributed by atoms with E-state index >= 15 is 0 Å². The van der Waals surface area contributed by atoms with E-state index in [1.807, 2.05) is 0 Å². The molecular weight excluding hydrogens is 198 g/mol. The van der Waals surface area contributed by atoms with Gasteiger partial charge in [0.1, 0.15) is 5.82 Å². The number of nitrogens with zero attached hydrogens (tertiary/aromatic N) is 2. The summed E-state index contributed by atoms with van der Waals surface area (Å²) in [6.45, 7) is 0. The van der Waals surface area contributed by atoms with Crippen molar-refractivity contribution in [3.63, 3.8) is 0 Å². The molecule has 0 unspecified atom stereocenters. The van der Waals surface area contributed by atoms with Gasteiger partial charge in [-0.05, 0) is 25.0 Å². The molecule has 2 heterocycles. The molecule has 0 bridgehead atoms. The quantitative estimate of drug-likeness (QED) is 0.766. The lowest BCUT2D eigenvalue weighted by molar-refractivity contribution is 0.681. The molecule has 2 N–H and O–H groups in total. The molecule has 0 spiro atoms. The van der Waals surface area contributed by atoms with E-state index in [2.05, 4.69) is 9.35 Å². The summed E-state index contributed by atoms with van der Waals surface area (Å²) < 4.78 is 16.2. The normalized spacial score (nSPS) is 19.4. The zero-order chi connectivity index (χ0) is 10.0. The van der Waals surface area contributed by atoms with Crippen molar-refractivity contribution < 1.29 is 4.21 Å². The second-order valence-electron chi connectivity index (χ2n) is 3.40. The molecule has 1 aromatic rings. The van der Waals surface area contributed by atoms with Crippen LogP contribution >= 0.6 is 0 Å². The number of nitrogens with two attached hydrogens (primary N) is 1. The first kappa shape index (κ1) is 9.45. The average molecular weight is 211 g/mol. The minimum Gasteiger partial charge on any atom is -0.384 e. The molecule has 1 aliphatic heterocycles. The molecule has 76 valence electrons. The minimum atomic E-state index is -2.02. The lowest BCUT2D eigenvalue weighted by atomic mass is 10.4. The Hall–Kier alpha value is -1.10. The van der Waals surface area contributed by atoms with Gasteiger partial charge in [-0.25, -0.2) is 9.19 Å². The summed E-state index contributed by atoms with van der Waals surface area (Å²) in [7, 11) is -2.02. The Morgan fingerprint density at radius 2 is 2.07 bits per heavy atom. The molecule has 0 aromatic carbocycles. The summed E-state index contributed by atoms with van der Waals surface area (Å²) in [6, 6.07) is 5.21. The van der Waals surface area contributed by atoms with Crippen molar-refractivity contribution in [1.82, 2.24) is 4.98 Å². The molecule has 0 radical (unpaired) electrons. The van der Waals surface area contributed by atoms with Crippen molar-refractivity contribution in [2.45, 2.75) is 12.8 Å². The molecule has 0 aliphatic carbocycles. The summed E-state index contributed by atoms with van der Waals surface area (Å²) in [4.78, 5) is 4.01. The van der Waals surface area contributed by atoms with Crippen molar-refractivity contribution in [3.8, 4) is 0 Å². The van der Waals surface area contributed by atoms with Crippen LogP contribution < -0.4 is 5.73 Å². The van der Waals surface area contributed by atoms with Crippen molar-refractivity contribution in [2.75, 3.05) is 17.2 Å². The van der Waals surface area contributed by atoms with Crippen LogP contribution in [-0.2, 0) is 9.73 Å². The lowest BCUT2D eigenvalue weighted by Crippen LogP contribution is -2.00. The predicted molar refractivity (Wildman–Crippen MR) is 57.8 cm³/mol. The molecule has 0 saturated carbocycles. The highest BCUT2D eigenvalue weighted by molar-refractivity contribution is 7.93. The van der Waals surface area contributed by atoms with Crippen LogP contribution in [0.25, 0.3) is 0 Å². The number of nitrogen functional groups attached to an aromatic ring is 1. The monoisotopic (exact) mass is 211 g/mol. The van der Waals surface area contributed by atoms with E-state index in [4.69, 9.17) is 5.73 Å². The SMILES string of the molecule is Nc1cccc(N=S2(=O)CCCC2)n1. The number of hydrogen-bond donors (Lipinski definition) is 1. The number of pyridine rings is 1. The maximum atomic E-state index is 12.0. The maximum absolute atomic E-state index is 12.0. The third-order valence-corrected chi connectivity index (χ3v) is 4.57. The van der Waals surface area contributed by atoms with Gasteiger partial charge in [0.05, 0.1) is 9.73 Å². The largest absolute Gasteiger partial charge is 0.384 e. The van der Waals surface area contributed by atoms with Gasteiger partial charge in [0.25, 0.3) is 0 Å². The van der Waals surface area contributed by atoms with Crippen LogP contribution in [0.1, 0.15) is 12.8 Å². The van der Waals surface area contributed by atoms with Gasteiger partial charge in [-0.1, -0.05) is 6.07 Å². The molecule has 5 heteroatoms. The fourth-order valence-corrected chi connectivity index (χ4v) is 3.65. The summed E-state index contributed by atoms with van der Waals surface area (Å²) in [5, 5.41) is 0. The van der Waals surface area contributed by atoms with E-state index in [0.717, 1.165) is 12.8 Å². The zero-order valence-electron chi connectivity index (χ0n) is 7.85. The number of hydrogen-bond acceptors (Lipinski definition) is 4. The van der Waals surface area contributed by atoms with Gasteiger partial charge in [-0.3, -0.25) is 0 Å². The Bertz CT molecular complexity index is 437. The van der Waals surface area contributed by atoms with E-state index in [1.165, 1.54) is 0 Å². The van der Waals surface area contributed by atoms with Crippen LogP contribution in [0.15, 0.2) is 22.6 Å². The Balaban J connectivity index is 2.37. The predicted octanol–water partition coefficient (Wildman–Crippen LogP) is 1.56. The topological polar surface area (TPSA) is 68.3 Å². The highest BCUT2D eigenvalue weighted by atomic mass is 32.2. The van der Waals surface area contributed by atoms with Crippen molar-refractivity contribution in [3.05, 3.63) is 18.2 Å².